The quantitative estimate of drug-likeness (QED) is 0.875. The molecule has 1 aromatic carbocycles. The second kappa shape index (κ2) is 4.82. The maximum atomic E-state index is 10.8. The topological polar surface area (TPSA) is 99.0 Å². The number of hydrogen-bond acceptors (Lipinski definition) is 4. The van der Waals surface area contributed by atoms with Gasteiger partial charge >= 0.3 is 5.97 Å². The van der Waals surface area contributed by atoms with Gasteiger partial charge in [0.05, 0.1) is 18.4 Å². The molecule has 0 atom stereocenters. The summed E-state index contributed by atoms with van der Waals surface area (Å²) < 4.78 is 5.16. The number of carbonyl (C=O) groups is 1. The molecule has 0 fully saturated rings. The minimum atomic E-state index is -1.08. The maximum Gasteiger partial charge on any atom is 0.353 e. The van der Waals surface area contributed by atoms with Crippen LogP contribution in [-0.2, 0) is 0 Å². The molecule has 6 heteroatoms. The summed E-state index contributed by atoms with van der Waals surface area (Å²) in [6.45, 7) is 1.81. The highest BCUT2D eigenvalue weighted by molar-refractivity contribution is 5.87. The lowest BCUT2D eigenvalue weighted by Crippen LogP contribution is -1.95. The van der Waals surface area contributed by atoms with Crippen molar-refractivity contribution in [2.45, 2.75) is 6.92 Å². The van der Waals surface area contributed by atoms with E-state index < -0.39 is 5.97 Å². The number of nitrogens with zero attached hydrogens (tertiary/aromatic N) is 2. The van der Waals surface area contributed by atoms with Crippen LogP contribution in [0.15, 0.2) is 18.2 Å². The number of aromatic amines is 1. The second-order valence-electron chi connectivity index (χ2n) is 3.96. The first-order valence-corrected chi connectivity index (χ1v) is 5.44. The van der Waals surface area contributed by atoms with Crippen LogP contribution in [0.25, 0.3) is 11.3 Å². The summed E-state index contributed by atoms with van der Waals surface area (Å²) >= 11 is 0. The summed E-state index contributed by atoms with van der Waals surface area (Å²) in [5.74, 6) is -0.565. The van der Waals surface area contributed by atoms with E-state index in [-0.39, 0.29) is 5.69 Å². The fourth-order valence-electron chi connectivity index (χ4n) is 1.85. The van der Waals surface area contributed by atoms with E-state index in [1.165, 1.54) is 13.2 Å². The Labute approximate surface area is 109 Å². The van der Waals surface area contributed by atoms with Crippen LogP contribution < -0.4 is 4.74 Å². The molecular weight excluding hydrogens is 246 g/mol. The highest BCUT2D eigenvalue weighted by Crippen LogP contribution is 2.29. The van der Waals surface area contributed by atoms with Crippen LogP contribution in [0.1, 0.15) is 21.6 Å². The molecule has 0 bridgehead atoms. The molecule has 0 aliphatic heterocycles. The summed E-state index contributed by atoms with van der Waals surface area (Å²) in [6.07, 6.45) is 0. The number of H-pyrrole nitrogens is 1. The summed E-state index contributed by atoms with van der Waals surface area (Å²) in [6, 6.07) is 6.88. The van der Waals surface area contributed by atoms with Gasteiger partial charge in [-0.3, -0.25) is 5.10 Å². The van der Waals surface area contributed by atoms with Crippen LogP contribution in [0.5, 0.6) is 5.75 Å². The van der Waals surface area contributed by atoms with E-state index in [2.05, 4.69) is 10.2 Å². The number of aryl methyl sites for hydroxylation is 1. The molecule has 0 saturated carbocycles. The lowest BCUT2D eigenvalue weighted by Gasteiger charge is -2.08. The summed E-state index contributed by atoms with van der Waals surface area (Å²) in [4.78, 5) is 10.8. The number of benzene rings is 1. The molecule has 0 aliphatic rings. The molecule has 1 aromatic heterocycles. The Morgan fingerprint density at radius 2 is 2.21 bits per heavy atom. The van der Waals surface area contributed by atoms with Crippen LogP contribution in [0, 0.1) is 18.3 Å². The van der Waals surface area contributed by atoms with E-state index in [0.29, 0.717) is 22.6 Å². The largest absolute Gasteiger partial charge is 0.495 e. The number of carboxylic acid groups (broad SMARTS) is 1. The van der Waals surface area contributed by atoms with Crippen LogP contribution in [0.3, 0.4) is 0 Å². The average Bonchev–Trinajstić information content (AvgIpc) is 2.87. The number of hydrogen-bond donors (Lipinski definition) is 2. The number of aromatic nitrogens is 2. The van der Waals surface area contributed by atoms with Gasteiger partial charge in [0.15, 0.2) is 0 Å². The van der Waals surface area contributed by atoms with Gasteiger partial charge in [-0.2, -0.15) is 10.4 Å². The van der Waals surface area contributed by atoms with Crippen molar-refractivity contribution in [1.82, 2.24) is 10.2 Å². The molecule has 0 unspecified atom stereocenters. The lowest BCUT2D eigenvalue weighted by molar-refractivity contribution is 0.0690. The number of nitrogens with one attached hydrogen (secondary N) is 1. The highest BCUT2D eigenvalue weighted by atomic mass is 16.5. The molecule has 0 saturated heterocycles. The standard InChI is InChI=1S/C13H11N3O3/c1-7-3-8(4-9(6-14)12(7)19-2)10-5-11(13(17)18)16-15-10/h3-5H,1-2H3,(H,15,16)(H,17,18). The molecule has 2 rings (SSSR count). The van der Waals surface area contributed by atoms with Crippen molar-refractivity contribution < 1.29 is 14.6 Å². The number of carboxylic acids is 1. The van der Waals surface area contributed by atoms with E-state index >= 15 is 0 Å². The third-order valence-corrected chi connectivity index (χ3v) is 2.70. The minimum absolute atomic E-state index is 0.00183. The summed E-state index contributed by atoms with van der Waals surface area (Å²) in [5.41, 5.74) is 2.31. The van der Waals surface area contributed by atoms with Crippen molar-refractivity contribution in [2.75, 3.05) is 7.11 Å². The molecule has 6 nitrogen and oxygen atoms in total. The van der Waals surface area contributed by atoms with Crippen molar-refractivity contribution in [3.05, 3.63) is 35.0 Å². The van der Waals surface area contributed by atoms with E-state index in [4.69, 9.17) is 15.1 Å². The van der Waals surface area contributed by atoms with Crippen LogP contribution >= 0.6 is 0 Å². The number of aromatic carboxylic acids is 1. The third-order valence-electron chi connectivity index (χ3n) is 2.70. The Bertz CT molecular complexity index is 683. The molecule has 0 radical (unpaired) electrons. The van der Waals surface area contributed by atoms with Gasteiger partial charge in [-0.15, -0.1) is 0 Å². The number of methoxy groups -OCH3 is 1. The number of ether oxygens (including phenoxy) is 1. The van der Waals surface area contributed by atoms with Gasteiger partial charge in [-0.05, 0) is 30.7 Å². The van der Waals surface area contributed by atoms with Crippen molar-refractivity contribution in [2.24, 2.45) is 0 Å². The van der Waals surface area contributed by atoms with Gasteiger partial charge in [0.2, 0.25) is 0 Å². The van der Waals surface area contributed by atoms with Gasteiger partial charge in [0, 0.05) is 5.56 Å². The van der Waals surface area contributed by atoms with Crippen LogP contribution in [-0.4, -0.2) is 28.4 Å². The zero-order chi connectivity index (χ0) is 14.0. The molecule has 1 heterocycles. The van der Waals surface area contributed by atoms with Crippen molar-refractivity contribution in [3.8, 4) is 23.1 Å². The van der Waals surface area contributed by atoms with Gasteiger partial charge < -0.3 is 9.84 Å². The minimum Gasteiger partial charge on any atom is -0.495 e. The summed E-state index contributed by atoms with van der Waals surface area (Å²) in [5, 5.41) is 24.3. The Hall–Kier alpha value is -2.81. The van der Waals surface area contributed by atoms with E-state index in [1.807, 2.05) is 13.0 Å². The lowest BCUT2D eigenvalue weighted by atomic mass is 10.0. The predicted octanol–water partition coefficient (Wildman–Crippen LogP) is 1.96. The Balaban J connectivity index is 2.54. The SMILES string of the molecule is COc1c(C)cc(-c2cc(C(=O)O)[nH]n2)cc1C#N. The first-order chi connectivity index (χ1) is 9.06. The second-order valence-corrected chi connectivity index (χ2v) is 3.96. The molecule has 96 valence electrons. The Morgan fingerprint density at radius 3 is 2.74 bits per heavy atom. The first kappa shape index (κ1) is 12.6. The van der Waals surface area contributed by atoms with E-state index in [0.717, 1.165) is 5.56 Å². The molecule has 2 aromatic rings. The average molecular weight is 257 g/mol. The van der Waals surface area contributed by atoms with Crippen molar-refractivity contribution in [1.29, 1.82) is 5.26 Å². The molecule has 0 spiro atoms. The van der Waals surface area contributed by atoms with E-state index in [1.54, 1.807) is 12.1 Å². The van der Waals surface area contributed by atoms with Gasteiger partial charge in [0.25, 0.3) is 0 Å². The van der Waals surface area contributed by atoms with Crippen LogP contribution in [0.4, 0.5) is 0 Å². The van der Waals surface area contributed by atoms with Crippen molar-refractivity contribution in [3.63, 3.8) is 0 Å². The first-order valence-electron chi connectivity index (χ1n) is 5.44. The zero-order valence-electron chi connectivity index (χ0n) is 10.4. The Kier molecular flexibility index (Phi) is 3.21. The highest BCUT2D eigenvalue weighted by Gasteiger charge is 2.13. The van der Waals surface area contributed by atoms with E-state index in [9.17, 15) is 4.79 Å². The van der Waals surface area contributed by atoms with Crippen molar-refractivity contribution >= 4 is 5.97 Å². The Morgan fingerprint density at radius 1 is 1.47 bits per heavy atom. The fourth-order valence-corrected chi connectivity index (χ4v) is 1.85. The van der Waals surface area contributed by atoms with Crippen LogP contribution in [0.2, 0.25) is 0 Å². The van der Waals surface area contributed by atoms with Gasteiger partial charge in [0.1, 0.15) is 17.5 Å². The summed E-state index contributed by atoms with van der Waals surface area (Å²) in [7, 11) is 1.50. The van der Waals surface area contributed by atoms with Gasteiger partial charge in [-0.25, -0.2) is 4.79 Å². The molecule has 19 heavy (non-hydrogen) atoms. The predicted molar refractivity (Wildman–Crippen MR) is 67.0 cm³/mol. The molecule has 2 N–H and O–H groups in total. The zero-order valence-corrected chi connectivity index (χ0v) is 10.4. The molecule has 0 amide bonds. The fraction of sp³-hybridized carbons (Fsp3) is 0.154. The smallest absolute Gasteiger partial charge is 0.353 e. The normalized spacial score (nSPS) is 9.95. The number of nitriles is 1. The third kappa shape index (κ3) is 2.26. The number of rotatable bonds is 3. The monoisotopic (exact) mass is 257 g/mol. The molecule has 0 aliphatic carbocycles. The maximum absolute atomic E-state index is 10.8. The molecular formula is C13H11N3O3. The van der Waals surface area contributed by atoms with Gasteiger partial charge in [-0.1, -0.05) is 0 Å².